The van der Waals surface area contributed by atoms with Gasteiger partial charge in [0.25, 0.3) is 0 Å². The Kier molecular flexibility index (Phi) is 6.05. The van der Waals surface area contributed by atoms with Crippen LogP contribution >= 0.6 is 11.8 Å². The molecule has 164 valence electrons. The van der Waals surface area contributed by atoms with E-state index in [1.807, 2.05) is 24.8 Å². The zero-order valence-electron chi connectivity index (χ0n) is 18.9. The maximum Gasteiger partial charge on any atom is 0.133 e. The Hall–Kier alpha value is -0.280. The molecule has 4 saturated carbocycles. The van der Waals surface area contributed by atoms with Gasteiger partial charge in [-0.2, -0.15) is 11.8 Å². The number of carbonyl (C=O) groups is 1. The first-order valence-corrected chi connectivity index (χ1v) is 13.3. The summed E-state index contributed by atoms with van der Waals surface area (Å²) < 4.78 is 0. The van der Waals surface area contributed by atoms with Gasteiger partial charge in [0.2, 0.25) is 0 Å². The van der Waals surface area contributed by atoms with Gasteiger partial charge in [0.05, 0.1) is 5.60 Å². The van der Waals surface area contributed by atoms with Crippen LogP contribution in [0.15, 0.2) is 12.7 Å². The van der Waals surface area contributed by atoms with Crippen molar-refractivity contribution in [3.63, 3.8) is 0 Å². The van der Waals surface area contributed by atoms with Gasteiger partial charge in [-0.25, -0.2) is 0 Å². The van der Waals surface area contributed by atoms with E-state index in [2.05, 4.69) is 20.4 Å². The molecule has 0 aliphatic heterocycles. The molecular weight excluding hydrogens is 376 g/mol. The second-order valence-corrected chi connectivity index (χ2v) is 12.6. The highest BCUT2D eigenvalue weighted by atomic mass is 32.2. The number of Topliss-reactive ketones (excluding diaryl/α,β-unsaturated/α-hetero) is 1. The molecule has 0 saturated heterocycles. The van der Waals surface area contributed by atoms with Crippen LogP contribution in [0.4, 0.5) is 0 Å². The molecule has 0 aromatic rings. The Morgan fingerprint density at radius 3 is 2.55 bits per heavy atom. The zero-order chi connectivity index (χ0) is 20.9. The maximum absolute atomic E-state index is 12.3. The molecule has 29 heavy (non-hydrogen) atoms. The number of hydrogen-bond donors (Lipinski definition) is 1. The summed E-state index contributed by atoms with van der Waals surface area (Å²) in [6.07, 6.45) is 13.7. The Labute approximate surface area is 182 Å². The van der Waals surface area contributed by atoms with Crippen LogP contribution in [0.3, 0.4) is 0 Å². The number of ketones is 1. The van der Waals surface area contributed by atoms with Gasteiger partial charge >= 0.3 is 0 Å². The molecule has 0 heterocycles. The van der Waals surface area contributed by atoms with Crippen LogP contribution in [-0.4, -0.2) is 28.0 Å². The smallest absolute Gasteiger partial charge is 0.133 e. The molecule has 0 aromatic carbocycles. The third-order valence-electron chi connectivity index (χ3n) is 10.3. The van der Waals surface area contributed by atoms with E-state index in [1.165, 1.54) is 38.5 Å². The highest BCUT2D eigenvalue weighted by Crippen LogP contribution is 2.68. The van der Waals surface area contributed by atoms with Crippen LogP contribution in [0, 0.1) is 40.4 Å². The van der Waals surface area contributed by atoms with Crippen molar-refractivity contribution in [2.45, 2.75) is 90.6 Å². The highest BCUT2D eigenvalue weighted by molar-refractivity contribution is 7.99. The van der Waals surface area contributed by atoms with E-state index in [4.69, 9.17) is 0 Å². The minimum Gasteiger partial charge on any atom is -0.390 e. The van der Waals surface area contributed by atoms with Crippen molar-refractivity contribution in [1.29, 1.82) is 0 Å². The molecule has 3 heteroatoms. The summed E-state index contributed by atoms with van der Waals surface area (Å²) in [5, 5.41) is 11.3. The average Bonchev–Trinajstić information content (AvgIpc) is 3.04. The maximum atomic E-state index is 12.3. The van der Waals surface area contributed by atoms with Crippen molar-refractivity contribution in [2.24, 2.45) is 40.4 Å². The number of carbonyl (C=O) groups excluding carboxylic acids is 1. The third-order valence-corrected chi connectivity index (χ3v) is 11.2. The number of fused-ring (bicyclic) bond motifs is 5. The molecule has 4 fully saturated rings. The normalized spacial score (nSPS) is 49.0. The fourth-order valence-electron chi connectivity index (χ4n) is 8.65. The standard InChI is InChI=1S/C26H42O2S/c1-5-15-29-16-14-26(28)13-12-24(3)19(17-26)6-7-20-22-9-8-21(18(2)27)25(22,4)11-10-23(20)24/h5,19-23,28H,1,6-17H2,2-4H3/t19?,20-,21+,22-,23-,24-,25+,26-/m0/s1. The van der Waals surface area contributed by atoms with Gasteiger partial charge in [-0.1, -0.05) is 19.9 Å². The lowest BCUT2D eigenvalue weighted by molar-refractivity contribution is -0.153. The Balaban J connectivity index is 1.46. The number of aliphatic hydroxyl groups is 1. The predicted octanol–water partition coefficient (Wildman–Crippen LogP) is 6.27. The summed E-state index contributed by atoms with van der Waals surface area (Å²) in [5.41, 5.74) is 0.217. The lowest BCUT2D eigenvalue weighted by Crippen LogP contribution is -2.56. The first kappa shape index (κ1) is 21.9. The molecule has 0 spiro atoms. The minimum atomic E-state index is -0.443. The van der Waals surface area contributed by atoms with E-state index in [1.54, 1.807) is 0 Å². The molecule has 0 radical (unpaired) electrons. The van der Waals surface area contributed by atoms with Crippen LogP contribution in [0.2, 0.25) is 0 Å². The summed E-state index contributed by atoms with van der Waals surface area (Å²) in [4.78, 5) is 12.3. The summed E-state index contributed by atoms with van der Waals surface area (Å²) >= 11 is 1.90. The van der Waals surface area contributed by atoms with Crippen molar-refractivity contribution >= 4 is 17.5 Å². The van der Waals surface area contributed by atoms with E-state index in [9.17, 15) is 9.90 Å². The average molecular weight is 419 g/mol. The van der Waals surface area contributed by atoms with Crippen LogP contribution in [-0.2, 0) is 4.79 Å². The molecule has 0 aromatic heterocycles. The topological polar surface area (TPSA) is 37.3 Å². The van der Waals surface area contributed by atoms with Gasteiger partial charge in [-0.05, 0) is 111 Å². The lowest BCUT2D eigenvalue weighted by Gasteiger charge is -2.62. The molecule has 1 unspecified atom stereocenters. The van der Waals surface area contributed by atoms with Gasteiger partial charge in [0.1, 0.15) is 5.78 Å². The van der Waals surface area contributed by atoms with E-state index in [0.29, 0.717) is 23.0 Å². The molecule has 8 atom stereocenters. The van der Waals surface area contributed by atoms with Gasteiger partial charge in [0.15, 0.2) is 0 Å². The van der Waals surface area contributed by atoms with E-state index in [-0.39, 0.29) is 5.41 Å². The van der Waals surface area contributed by atoms with Gasteiger partial charge in [0, 0.05) is 11.7 Å². The van der Waals surface area contributed by atoms with Crippen LogP contribution < -0.4 is 0 Å². The van der Waals surface area contributed by atoms with Crippen molar-refractivity contribution in [1.82, 2.24) is 0 Å². The number of rotatable bonds is 6. The molecular formula is C26H42O2S. The van der Waals surface area contributed by atoms with Gasteiger partial charge < -0.3 is 5.11 Å². The molecule has 4 aliphatic carbocycles. The molecule has 0 bridgehead atoms. The summed E-state index contributed by atoms with van der Waals surface area (Å²) in [7, 11) is 0. The van der Waals surface area contributed by atoms with Crippen LogP contribution in [0.5, 0.6) is 0 Å². The summed E-state index contributed by atoms with van der Waals surface area (Å²) in [6, 6.07) is 0. The lowest BCUT2D eigenvalue weighted by atomic mass is 9.43. The monoisotopic (exact) mass is 418 g/mol. The Morgan fingerprint density at radius 1 is 1.07 bits per heavy atom. The molecule has 0 amide bonds. The third kappa shape index (κ3) is 3.67. The van der Waals surface area contributed by atoms with Gasteiger partial charge in [-0.15, -0.1) is 6.58 Å². The molecule has 1 N–H and O–H groups in total. The first-order chi connectivity index (χ1) is 13.7. The minimum absolute atomic E-state index is 0.258. The Morgan fingerprint density at radius 2 is 1.83 bits per heavy atom. The van der Waals surface area contributed by atoms with Crippen molar-refractivity contribution < 1.29 is 9.90 Å². The van der Waals surface area contributed by atoms with Crippen LogP contribution in [0.25, 0.3) is 0 Å². The zero-order valence-corrected chi connectivity index (χ0v) is 19.7. The van der Waals surface area contributed by atoms with E-state index >= 15 is 0 Å². The quantitative estimate of drug-likeness (QED) is 0.408. The van der Waals surface area contributed by atoms with Crippen molar-refractivity contribution in [3.05, 3.63) is 12.7 Å². The van der Waals surface area contributed by atoms with Crippen LogP contribution in [0.1, 0.15) is 85.0 Å². The van der Waals surface area contributed by atoms with Crippen molar-refractivity contribution in [3.8, 4) is 0 Å². The SMILES string of the molecule is C=CCSCC[C@@]1(O)CC[C@@]2(C)C(CC[C@H]3[C@@H]4CC[C@H](C(C)=O)[C@@]4(C)CC[C@@H]32)C1. The summed E-state index contributed by atoms with van der Waals surface area (Å²) in [6.45, 7) is 10.7. The van der Waals surface area contributed by atoms with E-state index in [0.717, 1.165) is 54.9 Å². The molecule has 2 nitrogen and oxygen atoms in total. The fourth-order valence-corrected chi connectivity index (χ4v) is 9.50. The van der Waals surface area contributed by atoms with Crippen molar-refractivity contribution in [2.75, 3.05) is 11.5 Å². The highest BCUT2D eigenvalue weighted by Gasteiger charge is 2.61. The van der Waals surface area contributed by atoms with Gasteiger partial charge in [-0.3, -0.25) is 4.79 Å². The first-order valence-electron chi connectivity index (χ1n) is 12.1. The molecule has 4 rings (SSSR count). The fraction of sp³-hybridized carbons (Fsp3) is 0.885. The second kappa shape index (κ2) is 8.01. The largest absolute Gasteiger partial charge is 0.390 e. The summed E-state index contributed by atoms with van der Waals surface area (Å²) in [5.74, 6) is 5.84. The molecule has 4 aliphatic rings. The van der Waals surface area contributed by atoms with E-state index < -0.39 is 5.60 Å². The number of hydrogen-bond acceptors (Lipinski definition) is 3. The second-order valence-electron chi connectivity index (χ2n) is 11.5. The Bertz CT molecular complexity index is 647. The predicted molar refractivity (Wildman–Crippen MR) is 123 cm³/mol. The number of thioether (sulfide) groups is 1.